The van der Waals surface area contributed by atoms with Gasteiger partial charge in [0.15, 0.2) is 0 Å². The molecule has 0 amide bonds. The third kappa shape index (κ3) is 5.86. The molecule has 0 aliphatic heterocycles. The number of para-hydroxylation sites is 1. The van der Waals surface area contributed by atoms with Gasteiger partial charge in [-0.25, -0.2) is 4.79 Å². The molecule has 0 bridgehead atoms. The highest BCUT2D eigenvalue weighted by atomic mass is 16.5. The molecule has 0 fully saturated rings. The van der Waals surface area contributed by atoms with Crippen LogP contribution in [0.5, 0.6) is 17.2 Å². The fourth-order valence-corrected chi connectivity index (χ4v) is 2.89. The van der Waals surface area contributed by atoms with Gasteiger partial charge in [-0.3, -0.25) is 0 Å². The molecule has 4 heteroatoms. The highest BCUT2D eigenvalue weighted by Gasteiger charge is 2.18. The van der Waals surface area contributed by atoms with Crippen LogP contribution in [-0.2, 0) is 5.41 Å². The van der Waals surface area contributed by atoms with E-state index in [-0.39, 0.29) is 5.41 Å². The fourth-order valence-electron chi connectivity index (χ4n) is 2.89. The molecule has 0 unspecified atom stereocenters. The van der Waals surface area contributed by atoms with Gasteiger partial charge in [0, 0.05) is 0 Å². The summed E-state index contributed by atoms with van der Waals surface area (Å²) in [6.07, 6.45) is 1.04. The minimum absolute atomic E-state index is 0.0957. The number of hydrogen-bond donors (Lipinski definition) is 0. The van der Waals surface area contributed by atoms with Crippen molar-refractivity contribution in [3.63, 3.8) is 0 Å². The average molecular weight is 405 g/mol. The normalized spacial score (nSPS) is 11.0. The molecule has 0 saturated heterocycles. The zero-order chi connectivity index (χ0) is 21.4. The Hall–Kier alpha value is -3.27. The Labute approximate surface area is 178 Å². The third-order valence-corrected chi connectivity index (χ3v) is 5.16. The van der Waals surface area contributed by atoms with Gasteiger partial charge >= 0.3 is 5.97 Å². The van der Waals surface area contributed by atoms with Gasteiger partial charge in [0.05, 0.1) is 5.56 Å². The van der Waals surface area contributed by atoms with Gasteiger partial charge in [0.1, 0.15) is 30.5 Å². The van der Waals surface area contributed by atoms with Crippen LogP contribution in [0.1, 0.15) is 43.1 Å². The maximum Gasteiger partial charge on any atom is 0.343 e. The summed E-state index contributed by atoms with van der Waals surface area (Å²) in [6.45, 7) is 7.35. The summed E-state index contributed by atoms with van der Waals surface area (Å²) >= 11 is 0. The molecular formula is C26H28O4. The molecule has 0 aliphatic rings. The summed E-state index contributed by atoms with van der Waals surface area (Å²) in [6, 6.07) is 24.2. The lowest BCUT2D eigenvalue weighted by Gasteiger charge is -2.23. The van der Waals surface area contributed by atoms with Crippen LogP contribution in [0.25, 0.3) is 0 Å². The van der Waals surface area contributed by atoms with Crippen LogP contribution < -0.4 is 14.2 Å². The Bertz CT molecular complexity index is 946. The van der Waals surface area contributed by atoms with E-state index in [1.807, 2.05) is 54.6 Å². The molecule has 30 heavy (non-hydrogen) atoms. The van der Waals surface area contributed by atoms with E-state index in [2.05, 4.69) is 20.8 Å². The van der Waals surface area contributed by atoms with Crippen molar-refractivity contribution in [2.45, 2.75) is 32.6 Å². The number of hydrogen-bond acceptors (Lipinski definition) is 4. The number of esters is 1. The SMILES string of the molecule is CCC(C)(C)c1ccc(OC(=O)c2cccc(OCCOc3ccccc3)c2)cc1. The number of benzene rings is 3. The van der Waals surface area contributed by atoms with Crippen molar-refractivity contribution in [3.05, 3.63) is 90.0 Å². The van der Waals surface area contributed by atoms with Crippen molar-refractivity contribution >= 4 is 5.97 Å². The molecule has 3 aromatic carbocycles. The first-order valence-electron chi connectivity index (χ1n) is 10.2. The summed E-state index contributed by atoms with van der Waals surface area (Å²) in [5.74, 6) is 1.51. The Morgan fingerprint density at radius 3 is 2.07 bits per heavy atom. The van der Waals surface area contributed by atoms with Gasteiger partial charge in [-0.15, -0.1) is 0 Å². The summed E-state index contributed by atoms with van der Waals surface area (Å²) in [5, 5.41) is 0. The molecule has 0 aliphatic carbocycles. The molecule has 4 nitrogen and oxygen atoms in total. The molecule has 156 valence electrons. The maximum atomic E-state index is 12.5. The van der Waals surface area contributed by atoms with E-state index in [1.54, 1.807) is 24.3 Å². The smallest absolute Gasteiger partial charge is 0.343 e. The molecule has 3 rings (SSSR count). The maximum absolute atomic E-state index is 12.5. The van der Waals surface area contributed by atoms with E-state index in [4.69, 9.17) is 14.2 Å². The monoisotopic (exact) mass is 404 g/mol. The minimum atomic E-state index is -0.413. The van der Waals surface area contributed by atoms with E-state index < -0.39 is 5.97 Å². The van der Waals surface area contributed by atoms with Crippen molar-refractivity contribution in [3.8, 4) is 17.2 Å². The Morgan fingerprint density at radius 1 is 0.767 bits per heavy atom. The summed E-state index contributed by atoms with van der Waals surface area (Å²) in [4.78, 5) is 12.5. The van der Waals surface area contributed by atoms with Crippen LogP contribution in [0.4, 0.5) is 0 Å². The standard InChI is InChI=1S/C26H28O4/c1-4-26(2,3)21-13-15-23(16-14-21)30-25(27)20-9-8-12-24(19-20)29-18-17-28-22-10-6-5-7-11-22/h5-16,19H,4,17-18H2,1-3H3. The summed E-state index contributed by atoms with van der Waals surface area (Å²) in [5.41, 5.74) is 1.76. The Morgan fingerprint density at radius 2 is 1.40 bits per heavy atom. The quantitative estimate of drug-likeness (QED) is 0.247. The Balaban J connectivity index is 1.54. The van der Waals surface area contributed by atoms with Gasteiger partial charge < -0.3 is 14.2 Å². The van der Waals surface area contributed by atoms with E-state index in [1.165, 1.54) is 5.56 Å². The van der Waals surface area contributed by atoms with E-state index in [9.17, 15) is 4.79 Å². The molecular weight excluding hydrogens is 376 g/mol. The second kappa shape index (κ2) is 9.97. The minimum Gasteiger partial charge on any atom is -0.490 e. The zero-order valence-electron chi connectivity index (χ0n) is 17.8. The topological polar surface area (TPSA) is 44.8 Å². The van der Waals surface area contributed by atoms with Crippen molar-refractivity contribution in [1.29, 1.82) is 0 Å². The molecule has 0 saturated carbocycles. The molecule has 0 atom stereocenters. The van der Waals surface area contributed by atoms with Crippen molar-refractivity contribution in [2.75, 3.05) is 13.2 Å². The van der Waals surface area contributed by atoms with Crippen LogP contribution >= 0.6 is 0 Å². The number of ether oxygens (including phenoxy) is 3. The molecule has 0 N–H and O–H groups in total. The lowest BCUT2D eigenvalue weighted by molar-refractivity contribution is 0.0734. The molecule has 0 heterocycles. The predicted molar refractivity (Wildman–Crippen MR) is 119 cm³/mol. The largest absolute Gasteiger partial charge is 0.490 e. The van der Waals surface area contributed by atoms with Crippen molar-refractivity contribution in [1.82, 2.24) is 0 Å². The molecule has 3 aromatic rings. The van der Waals surface area contributed by atoms with Crippen molar-refractivity contribution < 1.29 is 19.0 Å². The third-order valence-electron chi connectivity index (χ3n) is 5.16. The Kier molecular flexibility index (Phi) is 7.12. The lowest BCUT2D eigenvalue weighted by Crippen LogP contribution is -2.15. The van der Waals surface area contributed by atoms with Crippen LogP contribution in [-0.4, -0.2) is 19.2 Å². The van der Waals surface area contributed by atoms with Crippen molar-refractivity contribution in [2.24, 2.45) is 0 Å². The van der Waals surface area contributed by atoms with Gasteiger partial charge in [0.25, 0.3) is 0 Å². The first-order chi connectivity index (χ1) is 14.5. The van der Waals surface area contributed by atoms with E-state index >= 15 is 0 Å². The second-order valence-electron chi connectivity index (χ2n) is 7.69. The summed E-state index contributed by atoms with van der Waals surface area (Å²) < 4.78 is 16.8. The van der Waals surface area contributed by atoms with Crippen LogP contribution in [0, 0.1) is 0 Å². The first-order valence-corrected chi connectivity index (χ1v) is 10.2. The van der Waals surface area contributed by atoms with Crippen LogP contribution in [0.15, 0.2) is 78.9 Å². The zero-order valence-corrected chi connectivity index (χ0v) is 17.8. The van der Waals surface area contributed by atoms with E-state index in [0.29, 0.717) is 30.3 Å². The van der Waals surface area contributed by atoms with Gasteiger partial charge in [-0.05, 0) is 59.9 Å². The van der Waals surface area contributed by atoms with Gasteiger partial charge in [-0.1, -0.05) is 57.2 Å². The van der Waals surface area contributed by atoms with Crippen LogP contribution in [0.3, 0.4) is 0 Å². The average Bonchev–Trinajstić information content (AvgIpc) is 2.78. The molecule has 0 spiro atoms. The lowest BCUT2D eigenvalue weighted by atomic mass is 9.82. The van der Waals surface area contributed by atoms with E-state index in [0.717, 1.165) is 12.2 Å². The predicted octanol–water partition coefficient (Wildman–Crippen LogP) is 6.05. The highest BCUT2D eigenvalue weighted by molar-refractivity contribution is 5.91. The number of carbonyl (C=O) groups is 1. The van der Waals surface area contributed by atoms with Crippen LogP contribution in [0.2, 0.25) is 0 Å². The molecule has 0 aromatic heterocycles. The summed E-state index contributed by atoms with van der Waals surface area (Å²) in [7, 11) is 0. The van der Waals surface area contributed by atoms with Gasteiger partial charge in [0.2, 0.25) is 0 Å². The number of rotatable bonds is 9. The van der Waals surface area contributed by atoms with Gasteiger partial charge in [-0.2, -0.15) is 0 Å². The first kappa shape index (κ1) is 21.4. The number of carbonyl (C=O) groups excluding carboxylic acids is 1. The fraction of sp³-hybridized carbons (Fsp3) is 0.269. The second-order valence-corrected chi connectivity index (χ2v) is 7.69. The highest BCUT2D eigenvalue weighted by Crippen LogP contribution is 2.28. The molecule has 0 radical (unpaired) electrons.